The fourth-order valence-electron chi connectivity index (χ4n) is 2.25. The second kappa shape index (κ2) is 5.56. The van der Waals surface area contributed by atoms with Crippen LogP contribution in [0.1, 0.15) is 6.42 Å². The molecule has 0 radical (unpaired) electrons. The van der Waals surface area contributed by atoms with Gasteiger partial charge in [0.25, 0.3) is 0 Å². The number of hydrogen-bond donors (Lipinski definition) is 1. The van der Waals surface area contributed by atoms with E-state index in [1.54, 1.807) is 11.3 Å². The van der Waals surface area contributed by atoms with E-state index in [0.717, 1.165) is 39.7 Å². The van der Waals surface area contributed by atoms with Crippen molar-refractivity contribution in [2.45, 2.75) is 12.5 Å². The Balaban J connectivity index is 1.78. The fourth-order valence-corrected chi connectivity index (χ4v) is 3.60. The van der Waals surface area contributed by atoms with Crippen LogP contribution in [0.5, 0.6) is 0 Å². The Bertz CT molecular complexity index is 548. The maximum absolute atomic E-state index is 4.35. The van der Waals surface area contributed by atoms with Gasteiger partial charge in [0.2, 0.25) is 0 Å². The summed E-state index contributed by atoms with van der Waals surface area (Å²) in [6.07, 6.45) is 1.16. The molecule has 2 aromatic heterocycles. The van der Waals surface area contributed by atoms with E-state index in [1.807, 2.05) is 18.2 Å². The van der Waals surface area contributed by atoms with Gasteiger partial charge in [-0.3, -0.25) is 0 Å². The topological polar surface area (TPSA) is 41.1 Å². The molecule has 0 bridgehead atoms. The fraction of sp³-hybridized carbons (Fsp3) is 0.385. The molecule has 1 unspecified atom stereocenters. The van der Waals surface area contributed by atoms with E-state index >= 15 is 0 Å². The van der Waals surface area contributed by atoms with Gasteiger partial charge in [0.15, 0.2) is 5.82 Å². The average Bonchev–Trinajstić information content (AvgIpc) is 3.09. The highest BCUT2D eigenvalue weighted by atomic mass is 79.9. The van der Waals surface area contributed by atoms with Crippen molar-refractivity contribution in [1.82, 2.24) is 15.5 Å². The highest BCUT2D eigenvalue weighted by Gasteiger charge is 2.20. The third-order valence-corrected chi connectivity index (χ3v) is 5.07. The minimum atomic E-state index is 0.524. The summed E-state index contributed by atoms with van der Waals surface area (Å²) in [5.74, 6) is 0.938. The molecular formula is C13H15BrN4S. The molecule has 2 aromatic rings. The molecule has 1 aliphatic heterocycles. The molecule has 19 heavy (non-hydrogen) atoms. The van der Waals surface area contributed by atoms with Crippen molar-refractivity contribution in [3.8, 4) is 10.6 Å². The van der Waals surface area contributed by atoms with Gasteiger partial charge in [0, 0.05) is 19.6 Å². The van der Waals surface area contributed by atoms with Gasteiger partial charge in [-0.15, -0.1) is 21.5 Å². The van der Waals surface area contributed by atoms with Crippen molar-refractivity contribution in [2.75, 3.05) is 25.0 Å². The van der Waals surface area contributed by atoms with Gasteiger partial charge in [0.05, 0.1) is 8.66 Å². The van der Waals surface area contributed by atoms with Crippen LogP contribution in [-0.4, -0.2) is 36.4 Å². The van der Waals surface area contributed by atoms with Crippen LogP contribution >= 0.6 is 27.3 Å². The summed E-state index contributed by atoms with van der Waals surface area (Å²) >= 11 is 5.14. The highest BCUT2D eigenvalue weighted by Crippen LogP contribution is 2.30. The van der Waals surface area contributed by atoms with Gasteiger partial charge in [-0.25, -0.2) is 0 Å². The second-order valence-electron chi connectivity index (χ2n) is 4.64. The minimum Gasteiger partial charge on any atom is -0.354 e. The molecule has 1 N–H and O–H groups in total. The Kier molecular flexibility index (Phi) is 3.81. The van der Waals surface area contributed by atoms with E-state index in [9.17, 15) is 0 Å². The largest absolute Gasteiger partial charge is 0.354 e. The predicted molar refractivity (Wildman–Crippen MR) is 82.7 cm³/mol. The molecule has 0 amide bonds. The average molecular weight is 339 g/mol. The molecule has 0 aliphatic carbocycles. The Labute approximate surface area is 125 Å². The van der Waals surface area contributed by atoms with Crippen LogP contribution in [0.2, 0.25) is 0 Å². The molecule has 100 valence electrons. The van der Waals surface area contributed by atoms with E-state index in [-0.39, 0.29) is 0 Å². The van der Waals surface area contributed by atoms with Crippen molar-refractivity contribution < 1.29 is 0 Å². The number of hydrogen-bond acceptors (Lipinski definition) is 5. The summed E-state index contributed by atoms with van der Waals surface area (Å²) in [7, 11) is 2.09. The number of anilines is 1. The standard InChI is InChI=1S/C13H15BrN4S/c1-18(9-6-7-15-8-9)13-5-2-10(16-17-13)11-3-4-12(14)19-11/h2-5,9,15H,6-8H2,1H3. The molecule has 6 heteroatoms. The Morgan fingerprint density at radius 3 is 2.79 bits per heavy atom. The normalized spacial score (nSPS) is 18.7. The van der Waals surface area contributed by atoms with Crippen molar-refractivity contribution in [2.24, 2.45) is 0 Å². The molecule has 1 saturated heterocycles. The first-order valence-electron chi connectivity index (χ1n) is 6.27. The number of halogens is 1. The number of aromatic nitrogens is 2. The zero-order valence-corrected chi connectivity index (χ0v) is 13.0. The Morgan fingerprint density at radius 1 is 1.32 bits per heavy atom. The molecule has 1 fully saturated rings. The molecular weight excluding hydrogens is 324 g/mol. The van der Waals surface area contributed by atoms with Crippen LogP contribution in [0.3, 0.4) is 0 Å². The quantitative estimate of drug-likeness (QED) is 0.934. The van der Waals surface area contributed by atoms with Crippen molar-refractivity contribution in [3.63, 3.8) is 0 Å². The zero-order valence-electron chi connectivity index (χ0n) is 10.6. The summed E-state index contributed by atoms with van der Waals surface area (Å²) in [6.45, 7) is 2.11. The Hall–Kier alpha value is -0.980. The lowest BCUT2D eigenvalue weighted by Gasteiger charge is -2.24. The molecule has 0 aromatic carbocycles. The highest BCUT2D eigenvalue weighted by molar-refractivity contribution is 9.11. The van der Waals surface area contributed by atoms with E-state index < -0.39 is 0 Å². The van der Waals surface area contributed by atoms with Gasteiger partial charge in [0.1, 0.15) is 5.69 Å². The molecule has 1 aliphatic rings. The van der Waals surface area contributed by atoms with E-state index in [2.05, 4.69) is 49.5 Å². The van der Waals surface area contributed by atoms with E-state index in [1.165, 1.54) is 0 Å². The van der Waals surface area contributed by atoms with Crippen molar-refractivity contribution in [1.29, 1.82) is 0 Å². The lowest BCUT2D eigenvalue weighted by atomic mass is 10.2. The van der Waals surface area contributed by atoms with Crippen LogP contribution in [-0.2, 0) is 0 Å². The first kappa shape index (κ1) is 13.0. The molecule has 4 nitrogen and oxygen atoms in total. The van der Waals surface area contributed by atoms with Crippen LogP contribution in [0.25, 0.3) is 10.6 Å². The summed E-state index contributed by atoms with van der Waals surface area (Å²) < 4.78 is 1.11. The second-order valence-corrected chi connectivity index (χ2v) is 7.10. The number of nitrogens with one attached hydrogen (secondary N) is 1. The molecule has 3 heterocycles. The maximum atomic E-state index is 4.35. The van der Waals surface area contributed by atoms with Crippen LogP contribution in [0.4, 0.5) is 5.82 Å². The SMILES string of the molecule is CN(c1ccc(-c2ccc(Br)s2)nn1)C1CCNC1. The lowest BCUT2D eigenvalue weighted by Crippen LogP contribution is -2.34. The monoisotopic (exact) mass is 338 g/mol. The molecule has 0 spiro atoms. The van der Waals surface area contributed by atoms with Gasteiger partial charge in [-0.2, -0.15) is 0 Å². The zero-order chi connectivity index (χ0) is 13.2. The van der Waals surface area contributed by atoms with Gasteiger partial charge < -0.3 is 10.2 Å². The van der Waals surface area contributed by atoms with E-state index in [0.29, 0.717) is 6.04 Å². The Morgan fingerprint density at radius 2 is 2.21 bits per heavy atom. The number of likely N-dealkylation sites (N-methyl/N-ethyl adjacent to an activating group) is 1. The molecule has 0 saturated carbocycles. The summed E-state index contributed by atoms with van der Waals surface area (Å²) in [5.41, 5.74) is 0.928. The van der Waals surface area contributed by atoms with Crippen LogP contribution in [0.15, 0.2) is 28.1 Å². The van der Waals surface area contributed by atoms with Crippen LogP contribution in [0, 0.1) is 0 Å². The van der Waals surface area contributed by atoms with Crippen molar-refractivity contribution in [3.05, 3.63) is 28.1 Å². The van der Waals surface area contributed by atoms with E-state index in [4.69, 9.17) is 0 Å². The van der Waals surface area contributed by atoms with Gasteiger partial charge in [-0.1, -0.05) is 0 Å². The molecule has 1 atom stereocenters. The minimum absolute atomic E-state index is 0.524. The summed E-state index contributed by atoms with van der Waals surface area (Å²) in [4.78, 5) is 3.34. The smallest absolute Gasteiger partial charge is 0.151 e. The van der Waals surface area contributed by atoms with Gasteiger partial charge >= 0.3 is 0 Å². The van der Waals surface area contributed by atoms with Gasteiger partial charge in [-0.05, 0) is 53.2 Å². The lowest BCUT2D eigenvalue weighted by molar-refractivity contribution is 0.673. The third-order valence-electron chi connectivity index (χ3n) is 3.42. The first-order chi connectivity index (χ1) is 9.24. The third kappa shape index (κ3) is 2.80. The van der Waals surface area contributed by atoms with Crippen LogP contribution < -0.4 is 10.2 Å². The first-order valence-corrected chi connectivity index (χ1v) is 7.88. The predicted octanol–water partition coefficient (Wildman–Crippen LogP) is 2.77. The number of thiophene rings is 1. The summed E-state index contributed by atoms with van der Waals surface area (Å²) in [5, 5.41) is 12.1. The summed E-state index contributed by atoms with van der Waals surface area (Å²) in [6, 6.07) is 8.71. The molecule has 3 rings (SSSR count). The maximum Gasteiger partial charge on any atom is 0.151 e. The van der Waals surface area contributed by atoms with Crippen molar-refractivity contribution >= 4 is 33.1 Å². The number of nitrogens with zero attached hydrogens (tertiary/aromatic N) is 3. The number of rotatable bonds is 3.